The number of nitrogens with zero attached hydrogens (tertiary/aromatic N) is 1. The maximum atomic E-state index is 12.9. The Bertz CT molecular complexity index is 766. The van der Waals surface area contributed by atoms with Gasteiger partial charge in [-0.15, -0.1) is 0 Å². The number of piperazine rings is 1. The van der Waals surface area contributed by atoms with Crippen LogP contribution in [0.3, 0.4) is 0 Å². The van der Waals surface area contributed by atoms with Crippen molar-refractivity contribution < 1.29 is 22.8 Å². The first-order valence-corrected chi connectivity index (χ1v) is 12.1. The molecular formula is C21H34N3O4S+. The summed E-state index contributed by atoms with van der Waals surface area (Å²) in [6, 6.07) is 6.61. The predicted molar refractivity (Wildman–Crippen MR) is 112 cm³/mol. The highest BCUT2D eigenvalue weighted by atomic mass is 32.2. The van der Waals surface area contributed by atoms with Crippen LogP contribution >= 0.6 is 0 Å². The fraction of sp³-hybridized carbons (Fsp3) is 0.667. The van der Waals surface area contributed by atoms with Crippen LogP contribution in [0.2, 0.25) is 0 Å². The van der Waals surface area contributed by atoms with Gasteiger partial charge in [-0.05, 0) is 44.0 Å². The number of amides is 1. The molecule has 3 rings (SSSR count). The predicted octanol–water partition coefficient (Wildman–Crippen LogP) is 0.812. The SMILES string of the molecule is COc1ccc(S(=O)(=O)N2CC[NH+]([C@@H](C)C(=O)NC3CCCCCC3)CC2)cc1. The Balaban J connectivity index is 1.54. The molecule has 0 spiro atoms. The van der Waals surface area contributed by atoms with Gasteiger partial charge in [-0.3, -0.25) is 4.79 Å². The van der Waals surface area contributed by atoms with Crippen LogP contribution in [0.4, 0.5) is 0 Å². The van der Waals surface area contributed by atoms with Crippen molar-refractivity contribution in [1.82, 2.24) is 9.62 Å². The average Bonchev–Trinajstić information content (AvgIpc) is 3.02. The molecule has 1 heterocycles. The van der Waals surface area contributed by atoms with Gasteiger partial charge in [0.1, 0.15) is 5.75 Å². The molecule has 0 radical (unpaired) electrons. The largest absolute Gasteiger partial charge is 0.497 e. The van der Waals surface area contributed by atoms with Crippen LogP contribution in [0.25, 0.3) is 0 Å². The normalized spacial score (nSPS) is 21.3. The molecule has 7 nitrogen and oxygen atoms in total. The van der Waals surface area contributed by atoms with Crippen molar-refractivity contribution in [3.8, 4) is 5.75 Å². The highest BCUT2D eigenvalue weighted by molar-refractivity contribution is 7.89. The number of carbonyl (C=O) groups is 1. The fourth-order valence-electron chi connectivity index (χ4n) is 4.28. The minimum Gasteiger partial charge on any atom is -0.497 e. The first-order chi connectivity index (χ1) is 13.9. The second-order valence-corrected chi connectivity index (χ2v) is 10.1. The lowest BCUT2D eigenvalue weighted by atomic mass is 10.1. The van der Waals surface area contributed by atoms with E-state index in [1.165, 1.54) is 30.0 Å². The standard InChI is InChI=1S/C21H33N3O4S/c1-17(21(25)22-18-7-5-3-4-6-8-18)23-13-15-24(16-14-23)29(26,27)20-11-9-19(28-2)10-12-20/h9-12,17-18H,3-8,13-16H2,1-2H3,(H,22,25)/p+1/t17-/m0/s1. The quantitative estimate of drug-likeness (QED) is 0.663. The molecule has 8 heteroatoms. The molecule has 1 aliphatic heterocycles. The van der Waals surface area contributed by atoms with Crippen LogP contribution in [0.5, 0.6) is 5.75 Å². The summed E-state index contributed by atoms with van der Waals surface area (Å²) in [7, 11) is -1.97. The molecule has 1 aromatic carbocycles. The summed E-state index contributed by atoms with van der Waals surface area (Å²) >= 11 is 0. The van der Waals surface area contributed by atoms with E-state index < -0.39 is 10.0 Å². The first kappa shape index (κ1) is 22.1. The molecule has 1 atom stereocenters. The molecule has 0 aromatic heterocycles. The minimum absolute atomic E-state index is 0.0957. The number of sulfonamides is 1. The molecule has 29 heavy (non-hydrogen) atoms. The van der Waals surface area contributed by atoms with Gasteiger partial charge in [-0.25, -0.2) is 8.42 Å². The number of methoxy groups -OCH3 is 1. The van der Waals surface area contributed by atoms with E-state index in [1.807, 2.05) is 6.92 Å². The molecule has 1 aromatic rings. The van der Waals surface area contributed by atoms with Gasteiger partial charge in [-0.1, -0.05) is 25.7 Å². The van der Waals surface area contributed by atoms with Gasteiger partial charge in [0.05, 0.1) is 38.2 Å². The van der Waals surface area contributed by atoms with E-state index in [1.54, 1.807) is 31.4 Å². The van der Waals surface area contributed by atoms with E-state index in [9.17, 15) is 13.2 Å². The van der Waals surface area contributed by atoms with E-state index in [-0.39, 0.29) is 16.8 Å². The van der Waals surface area contributed by atoms with Crippen LogP contribution in [-0.4, -0.2) is 64.0 Å². The molecule has 0 bridgehead atoms. The van der Waals surface area contributed by atoms with Gasteiger partial charge >= 0.3 is 0 Å². The number of quaternary nitrogens is 1. The van der Waals surface area contributed by atoms with Gasteiger partial charge in [0.2, 0.25) is 10.0 Å². The summed E-state index contributed by atoms with van der Waals surface area (Å²) in [6.45, 7) is 4.06. The summed E-state index contributed by atoms with van der Waals surface area (Å²) < 4.78 is 32.4. The third-order valence-corrected chi connectivity index (χ3v) is 8.18. The Morgan fingerprint density at radius 2 is 1.69 bits per heavy atom. The summed E-state index contributed by atoms with van der Waals surface area (Å²) in [5.74, 6) is 0.727. The monoisotopic (exact) mass is 424 g/mol. The van der Waals surface area contributed by atoms with Crippen molar-refractivity contribution in [3.63, 3.8) is 0 Å². The zero-order valence-corrected chi connectivity index (χ0v) is 18.3. The first-order valence-electron chi connectivity index (χ1n) is 10.7. The van der Waals surface area contributed by atoms with E-state index in [0.29, 0.717) is 38.0 Å². The van der Waals surface area contributed by atoms with Crippen molar-refractivity contribution in [3.05, 3.63) is 24.3 Å². The Hall–Kier alpha value is -1.64. The number of hydrogen-bond donors (Lipinski definition) is 2. The number of carbonyl (C=O) groups excluding carboxylic acids is 1. The van der Waals surface area contributed by atoms with Crippen molar-refractivity contribution >= 4 is 15.9 Å². The lowest BCUT2D eigenvalue weighted by Gasteiger charge is -2.34. The maximum absolute atomic E-state index is 12.9. The zero-order chi connectivity index (χ0) is 20.9. The molecule has 2 N–H and O–H groups in total. The third-order valence-electron chi connectivity index (χ3n) is 6.27. The van der Waals surface area contributed by atoms with Crippen molar-refractivity contribution in [2.45, 2.75) is 62.4 Å². The third kappa shape index (κ3) is 5.49. The van der Waals surface area contributed by atoms with Crippen LogP contribution in [0.1, 0.15) is 45.4 Å². The van der Waals surface area contributed by atoms with E-state index in [2.05, 4.69) is 5.32 Å². The van der Waals surface area contributed by atoms with Gasteiger partial charge in [0, 0.05) is 6.04 Å². The van der Waals surface area contributed by atoms with Crippen LogP contribution < -0.4 is 15.0 Å². The molecule has 162 valence electrons. The number of hydrogen-bond acceptors (Lipinski definition) is 4. The van der Waals surface area contributed by atoms with Crippen molar-refractivity contribution in [2.75, 3.05) is 33.3 Å². The molecule has 2 aliphatic rings. The van der Waals surface area contributed by atoms with Gasteiger partial charge in [-0.2, -0.15) is 4.31 Å². The average molecular weight is 425 g/mol. The number of rotatable bonds is 6. The maximum Gasteiger partial charge on any atom is 0.278 e. The summed E-state index contributed by atoms with van der Waals surface area (Å²) in [5, 5.41) is 3.23. The number of nitrogens with one attached hydrogen (secondary N) is 2. The summed E-state index contributed by atoms with van der Waals surface area (Å²) in [6.07, 6.45) is 7.04. The lowest BCUT2D eigenvalue weighted by Crippen LogP contribution is -3.19. The van der Waals surface area contributed by atoms with Crippen LogP contribution in [0, 0.1) is 0 Å². The summed E-state index contributed by atoms with van der Waals surface area (Å²) in [4.78, 5) is 14.1. The van der Waals surface area contributed by atoms with E-state index in [4.69, 9.17) is 4.74 Å². The lowest BCUT2D eigenvalue weighted by molar-refractivity contribution is -0.917. The Morgan fingerprint density at radius 3 is 2.24 bits per heavy atom. The van der Waals surface area contributed by atoms with Gasteiger partial charge in [0.15, 0.2) is 6.04 Å². The van der Waals surface area contributed by atoms with Crippen LogP contribution in [0.15, 0.2) is 29.2 Å². The van der Waals surface area contributed by atoms with Crippen LogP contribution in [-0.2, 0) is 14.8 Å². The molecule has 1 aliphatic carbocycles. The van der Waals surface area contributed by atoms with Crippen molar-refractivity contribution in [1.29, 1.82) is 0 Å². The molecule has 1 saturated heterocycles. The Labute approximate surface area is 174 Å². The van der Waals surface area contributed by atoms with E-state index in [0.717, 1.165) is 17.7 Å². The molecule has 1 saturated carbocycles. The topological polar surface area (TPSA) is 80.2 Å². The molecule has 2 fully saturated rings. The van der Waals surface area contributed by atoms with Crippen molar-refractivity contribution in [2.24, 2.45) is 0 Å². The minimum atomic E-state index is -3.52. The molecule has 0 unspecified atom stereocenters. The second-order valence-electron chi connectivity index (χ2n) is 8.16. The van der Waals surface area contributed by atoms with Gasteiger partial charge in [0.25, 0.3) is 5.91 Å². The van der Waals surface area contributed by atoms with E-state index >= 15 is 0 Å². The highest BCUT2D eigenvalue weighted by Crippen LogP contribution is 2.20. The molecule has 1 amide bonds. The Kier molecular flexibility index (Phi) is 7.54. The highest BCUT2D eigenvalue weighted by Gasteiger charge is 2.35. The smallest absolute Gasteiger partial charge is 0.278 e. The second kappa shape index (κ2) is 9.91. The number of benzene rings is 1. The number of ether oxygens (including phenoxy) is 1. The molecular weight excluding hydrogens is 390 g/mol. The zero-order valence-electron chi connectivity index (χ0n) is 17.5. The van der Waals surface area contributed by atoms with Gasteiger partial charge < -0.3 is 15.0 Å². The Morgan fingerprint density at radius 1 is 1.10 bits per heavy atom. The fourth-order valence-corrected chi connectivity index (χ4v) is 5.72. The summed E-state index contributed by atoms with van der Waals surface area (Å²) in [5.41, 5.74) is 0.